The number of nitrogens with two attached hydrogens (primary N) is 1. The molecule has 1 aromatic rings. The van der Waals surface area contributed by atoms with Crippen molar-refractivity contribution in [3.05, 3.63) is 22.5 Å². The third kappa shape index (κ3) is 3.53. The summed E-state index contributed by atoms with van der Waals surface area (Å²) in [5.74, 6) is -1.76. The first-order valence-electron chi connectivity index (χ1n) is 7.78. The van der Waals surface area contributed by atoms with Crippen molar-refractivity contribution >= 4 is 24.3 Å². The Morgan fingerprint density at radius 1 is 1.56 bits per heavy atom. The zero-order chi connectivity index (χ0) is 20.1. The first-order chi connectivity index (χ1) is 12.5. The molecule has 3 heterocycles. The Morgan fingerprint density at radius 3 is 2.81 bits per heavy atom. The van der Waals surface area contributed by atoms with E-state index in [-0.39, 0.29) is 0 Å². The average Bonchev–Trinajstić information content (AvgIpc) is 2.84. The molecule has 3 N–H and O–H groups in total. The number of aliphatic hydroxyl groups excluding tert-OH is 1. The SMILES string of the molecule is CC(C)OP1(=S)OCC2(C(F)F)OC(n3cc(F)c(N)nc3=O)C(O)C2O1. The van der Waals surface area contributed by atoms with Crippen LogP contribution in [-0.4, -0.2) is 51.6 Å². The summed E-state index contributed by atoms with van der Waals surface area (Å²) in [6.45, 7) is -0.904. The van der Waals surface area contributed by atoms with Crippen LogP contribution in [0.4, 0.5) is 19.0 Å². The molecule has 0 spiro atoms. The lowest BCUT2D eigenvalue weighted by atomic mass is 9.96. The van der Waals surface area contributed by atoms with Crippen molar-refractivity contribution in [3.63, 3.8) is 0 Å². The Balaban J connectivity index is 2.00. The van der Waals surface area contributed by atoms with Crippen LogP contribution in [-0.2, 0) is 30.1 Å². The van der Waals surface area contributed by atoms with Crippen molar-refractivity contribution in [2.75, 3.05) is 12.3 Å². The molecule has 1 aromatic heterocycles. The lowest BCUT2D eigenvalue weighted by Gasteiger charge is -2.41. The van der Waals surface area contributed by atoms with Crippen LogP contribution >= 0.6 is 6.72 Å². The Bertz CT molecular complexity index is 842. The van der Waals surface area contributed by atoms with E-state index in [0.717, 1.165) is 0 Å². The summed E-state index contributed by atoms with van der Waals surface area (Å²) < 4.78 is 63.2. The fraction of sp³-hybridized carbons (Fsp3) is 0.692. The van der Waals surface area contributed by atoms with E-state index in [1.54, 1.807) is 13.8 Å². The molecule has 5 unspecified atom stereocenters. The maximum atomic E-state index is 13.8. The van der Waals surface area contributed by atoms with E-state index in [1.165, 1.54) is 0 Å². The molecule has 0 saturated carbocycles. The van der Waals surface area contributed by atoms with Gasteiger partial charge in [-0.15, -0.1) is 0 Å². The number of aliphatic hydroxyl groups is 1. The molecule has 27 heavy (non-hydrogen) atoms. The molecule has 9 nitrogen and oxygen atoms in total. The first-order valence-corrected chi connectivity index (χ1v) is 10.3. The number of aromatic nitrogens is 2. The molecule has 2 aliphatic heterocycles. The van der Waals surface area contributed by atoms with Gasteiger partial charge in [0.1, 0.15) is 12.2 Å². The number of fused-ring (bicyclic) bond motifs is 1. The van der Waals surface area contributed by atoms with Crippen LogP contribution < -0.4 is 11.4 Å². The highest BCUT2D eigenvalue weighted by molar-refractivity contribution is 8.07. The topological polar surface area (TPSA) is 118 Å². The van der Waals surface area contributed by atoms with E-state index in [4.69, 9.17) is 35.8 Å². The summed E-state index contributed by atoms with van der Waals surface area (Å²) in [6, 6.07) is 0. The van der Waals surface area contributed by atoms with Gasteiger partial charge >= 0.3 is 12.4 Å². The van der Waals surface area contributed by atoms with Gasteiger partial charge in [-0.1, -0.05) is 0 Å². The van der Waals surface area contributed by atoms with Gasteiger partial charge in [0.05, 0.1) is 18.9 Å². The van der Waals surface area contributed by atoms with Crippen LogP contribution in [0.1, 0.15) is 20.1 Å². The molecule has 152 valence electrons. The number of hydrogen-bond acceptors (Lipinski definition) is 9. The maximum Gasteiger partial charge on any atom is 0.351 e. The molecule has 14 heteroatoms. The quantitative estimate of drug-likeness (QED) is 0.671. The van der Waals surface area contributed by atoms with Crippen molar-refractivity contribution in [1.29, 1.82) is 0 Å². The fourth-order valence-electron chi connectivity index (χ4n) is 2.83. The molecular formula is C13H17F3N3O6PS. The molecular weight excluding hydrogens is 414 g/mol. The lowest BCUT2D eigenvalue weighted by molar-refractivity contribution is -0.204. The minimum absolute atomic E-state index is 0.428. The van der Waals surface area contributed by atoms with E-state index in [1.807, 2.05) is 0 Å². The van der Waals surface area contributed by atoms with E-state index in [2.05, 4.69) is 4.98 Å². The number of nitrogen functional groups attached to an aromatic ring is 1. The Morgan fingerprint density at radius 2 is 2.22 bits per heavy atom. The average molecular weight is 431 g/mol. The van der Waals surface area contributed by atoms with Gasteiger partial charge in [0.15, 0.2) is 23.5 Å². The molecule has 0 bridgehead atoms. The number of anilines is 1. The number of hydrogen-bond donors (Lipinski definition) is 2. The fourth-order valence-corrected chi connectivity index (χ4v) is 5.41. The van der Waals surface area contributed by atoms with Crippen molar-refractivity contribution in [3.8, 4) is 0 Å². The largest absolute Gasteiger partial charge is 0.386 e. The van der Waals surface area contributed by atoms with Crippen molar-refractivity contribution in [2.24, 2.45) is 0 Å². The number of alkyl halides is 2. The summed E-state index contributed by atoms with van der Waals surface area (Å²) in [5.41, 5.74) is 1.68. The smallest absolute Gasteiger partial charge is 0.351 e. The second-order valence-electron chi connectivity index (χ2n) is 6.32. The zero-order valence-corrected chi connectivity index (χ0v) is 15.8. The molecule has 3 rings (SSSR count). The van der Waals surface area contributed by atoms with Crippen LogP contribution in [0.5, 0.6) is 0 Å². The van der Waals surface area contributed by atoms with E-state index >= 15 is 0 Å². The summed E-state index contributed by atoms with van der Waals surface area (Å²) >= 11 is 5.14. The second-order valence-corrected chi connectivity index (χ2v) is 9.24. The standard InChI is InChI=1S/C13H17F3N3O6PS/c1-5(2)24-26(27)22-4-13(11(15)16)8(25-26)7(20)10(23-13)19-3-6(14)9(17)18-12(19)21/h3,5,7-8,10-11,20H,4H2,1-2H3,(H2,17,18,21). The third-order valence-electron chi connectivity index (χ3n) is 4.03. The van der Waals surface area contributed by atoms with Gasteiger partial charge in [0, 0.05) is 0 Å². The van der Waals surface area contributed by atoms with Gasteiger partial charge in [-0.2, -0.15) is 4.98 Å². The van der Waals surface area contributed by atoms with Gasteiger partial charge in [-0.3, -0.25) is 9.09 Å². The lowest BCUT2D eigenvalue weighted by Crippen LogP contribution is -2.56. The van der Waals surface area contributed by atoms with E-state index < -0.39 is 67.2 Å². The number of nitrogens with zero attached hydrogens (tertiary/aromatic N) is 2. The summed E-state index contributed by atoms with van der Waals surface area (Å²) in [4.78, 5) is 15.2. The van der Waals surface area contributed by atoms with E-state index in [9.17, 15) is 23.1 Å². The molecule has 0 aliphatic carbocycles. The highest BCUT2D eigenvalue weighted by atomic mass is 32.5. The van der Waals surface area contributed by atoms with Crippen LogP contribution in [0.25, 0.3) is 0 Å². The van der Waals surface area contributed by atoms with E-state index in [0.29, 0.717) is 10.8 Å². The van der Waals surface area contributed by atoms with Crippen LogP contribution in [0.2, 0.25) is 0 Å². The molecule has 2 aliphatic rings. The molecule has 5 atom stereocenters. The molecule has 0 amide bonds. The van der Waals surface area contributed by atoms with Crippen LogP contribution in [0.3, 0.4) is 0 Å². The third-order valence-corrected chi connectivity index (χ3v) is 6.48. The van der Waals surface area contributed by atoms with Crippen molar-refractivity contribution < 1.29 is 36.6 Å². The van der Waals surface area contributed by atoms with Crippen molar-refractivity contribution in [2.45, 2.75) is 50.4 Å². The highest BCUT2D eigenvalue weighted by Crippen LogP contribution is 2.61. The monoisotopic (exact) mass is 431 g/mol. The zero-order valence-electron chi connectivity index (χ0n) is 14.1. The Hall–Kier alpha value is -1.08. The summed E-state index contributed by atoms with van der Waals surface area (Å²) in [7, 11) is 0. The normalized spacial score (nSPS) is 36.4. The molecule has 2 saturated heterocycles. The Labute approximate surface area is 156 Å². The summed E-state index contributed by atoms with van der Waals surface area (Å²) in [6.07, 6.45) is -8.19. The summed E-state index contributed by atoms with van der Waals surface area (Å²) in [5, 5.41) is 10.5. The highest BCUT2D eigenvalue weighted by Gasteiger charge is 2.66. The van der Waals surface area contributed by atoms with Gasteiger partial charge in [-0.05, 0) is 25.7 Å². The van der Waals surface area contributed by atoms with Gasteiger partial charge < -0.3 is 24.6 Å². The Kier molecular flexibility index (Phi) is 5.40. The number of halogens is 3. The van der Waals surface area contributed by atoms with Crippen LogP contribution in [0, 0.1) is 5.82 Å². The molecule has 0 radical (unpaired) electrons. The minimum Gasteiger partial charge on any atom is -0.386 e. The van der Waals surface area contributed by atoms with Crippen LogP contribution in [0.15, 0.2) is 11.0 Å². The van der Waals surface area contributed by atoms with Gasteiger partial charge in [0.2, 0.25) is 0 Å². The minimum atomic E-state index is -3.44. The van der Waals surface area contributed by atoms with Gasteiger partial charge in [0.25, 0.3) is 6.43 Å². The molecule has 2 fully saturated rings. The number of ether oxygens (including phenoxy) is 1. The predicted octanol–water partition coefficient (Wildman–Crippen LogP) is 0.923. The maximum absolute atomic E-state index is 13.8. The second kappa shape index (κ2) is 7.07. The van der Waals surface area contributed by atoms with Gasteiger partial charge in [-0.25, -0.2) is 18.0 Å². The number of rotatable bonds is 4. The predicted molar refractivity (Wildman–Crippen MR) is 89.1 cm³/mol. The van der Waals surface area contributed by atoms with Crippen molar-refractivity contribution in [1.82, 2.24) is 9.55 Å². The molecule has 0 aromatic carbocycles. The first kappa shape index (κ1) is 20.6.